The van der Waals surface area contributed by atoms with Crippen LogP contribution in [0.25, 0.3) is 0 Å². The van der Waals surface area contributed by atoms with Gasteiger partial charge in [-0.05, 0) is 94.7 Å². The van der Waals surface area contributed by atoms with Gasteiger partial charge in [-0.3, -0.25) is 0 Å². The fraction of sp³-hybridized carbons (Fsp3) is 0.478. The van der Waals surface area contributed by atoms with Crippen LogP contribution in [0.5, 0.6) is 11.5 Å². The van der Waals surface area contributed by atoms with E-state index in [-0.39, 0.29) is 6.04 Å². The average Bonchev–Trinajstić information content (AvgIpc) is 2.57. The zero-order valence-electron chi connectivity index (χ0n) is 17.1. The predicted molar refractivity (Wildman–Crippen MR) is 107 cm³/mol. The first-order chi connectivity index (χ1) is 12.1. The number of phenolic OH excluding ortho intramolecular Hbond substituents is 1. The number of phenols is 1. The van der Waals surface area contributed by atoms with Crippen LogP contribution < -0.4 is 10.5 Å². The number of rotatable bonds is 2. The summed E-state index contributed by atoms with van der Waals surface area (Å²) in [5, 5.41) is 10.4. The lowest BCUT2D eigenvalue weighted by atomic mass is 9.79. The van der Waals surface area contributed by atoms with Crippen molar-refractivity contribution < 1.29 is 9.84 Å². The number of nitrogens with two attached hydrogens (primary N) is 1. The number of ether oxygens (including phenoxy) is 1. The van der Waals surface area contributed by atoms with E-state index < -0.39 is 5.60 Å². The maximum absolute atomic E-state index is 10.4. The predicted octanol–water partition coefficient (Wildman–Crippen LogP) is 5.03. The van der Waals surface area contributed by atoms with Crippen LogP contribution in [-0.4, -0.2) is 10.7 Å². The van der Waals surface area contributed by atoms with Gasteiger partial charge in [0.15, 0.2) is 0 Å². The van der Waals surface area contributed by atoms with Gasteiger partial charge in [-0.1, -0.05) is 17.7 Å². The van der Waals surface area contributed by atoms with Crippen molar-refractivity contribution in [1.82, 2.24) is 0 Å². The average molecular weight is 354 g/mol. The normalized spacial score (nSPS) is 20.5. The highest BCUT2D eigenvalue weighted by Crippen LogP contribution is 2.46. The topological polar surface area (TPSA) is 55.5 Å². The van der Waals surface area contributed by atoms with E-state index in [9.17, 15) is 5.11 Å². The van der Waals surface area contributed by atoms with Crippen molar-refractivity contribution in [3.05, 3.63) is 56.6 Å². The minimum Gasteiger partial charge on any atom is -0.507 e. The number of aryl methyl sites for hydroxylation is 3. The smallest absolute Gasteiger partial charge is 0.127 e. The summed E-state index contributed by atoms with van der Waals surface area (Å²) in [4.78, 5) is 0. The van der Waals surface area contributed by atoms with Crippen molar-refractivity contribution in [1.29, 1.82) is 0 Å². The van der Waals surface area contributed by atoms with Crippen molar-refractivity contribution in [3.8, 4) is 11.5 Å². The summed E-state index contributed by atoms with van der Waals surface area (Å²) >= 11 is 0. The summed E-state index contributed by atoms with van der Waals surface area (Å²) in [6, 6.07) is 4.19. The zero-order chi connectivity index (χ0) is 19.4. The Labute approximate surface area is 157 Å². The molecular formula is C23H31NO2. The SMILES string of the molecule is Cc1cc(C)c(C(N)C2(C)CCc3c(C)c(O)c(C)c(C)c3O2)c(C)c1. The van der Waals surface area contributed by atoms with Gasteiger partial charge in [0.05, 0.1) is 6.04 Å². The largest absolute Gasteiger partial charge is 0.507 e. The molecular weight excluding hydrogens is 322 g/mol. The molecule has 2 atom stereocenters. The monoisotopic (exact) mass is 353 g/mol. The highest BCUT2D eigenvalue weighted by molar-refractivity contribution is 5.58. The maximum atomic E-state index is 10.4. The first-order valence-electron chi connectivity index (χ1n) is 9.40. The lowest BCUT2D eigenvalue weighted by Crippen LogP contribution is -2.47. The molecule has 0 saturated heterocycles. The number of benzene rings is 2. The minimum atomic E-state index is -0.474. The lowest BCUT2D eigenvalue weighted by molar-refractivity contribution is 0.0365. The van der Waals surface area contributed by atoms with Gasteiger partial charge < -0.3 is 15.6 Å². The van der Waals surface area contributed by atoms with E-state index in [0.29, 0.717) is 5.75 Å². The fourth-order valence-corrected chi connectivity index (χ4v) is 4.47. The second-order valence-corrected chi connectivity index (χ2v) is 8.24. The molecule has 0 spiro atoms. The number of aromatic hydroxyl groups is 1. The molecule has 0 bridgehead atoms. The van der Waals surface area contributed by atoms with Crippen LogP contribution in [0, 0.1) is 41.5 Å². The molecule has 0 saturated carbocycles. The molecule has 1 heterocycles. The molecule has 0 fully saturated rings. The zero-order valence-corrected chi connectivity index (χ0v) is 17.1. The molecule has 0 radical (unpaired) electrons. The second-order valence-electron chi connectivity index (χ2n) is 8.24. The Morgan fingerprint density at radius 1 is 1.00 bits per heavy atom. The third-order valence-corrected chi connectivity index (χ3v) is 6.25. The molecule has 1 aliphatic rings. The van der Waals surface area contributed by atoms with Crippen LogP contribution >= 0.6 is 0 Å². The summed E-state index contributed by atoms with van der Waals surface area (Å²) in [6.07, 6.45) is 1.70. The van der Waals surface area contributed by atoms with Crippen LogP contribution in [0.2, 0.25) is 0 Å². The van der Waals surface area contributed by atoms with E-state index in [0.717, 1.165) is 40.8 Å². The van der Waals surface area contributed by atoms with Crippen LogP contribution in [0.1, 0.15) is 63.9 Å². The van der Waals surface area contributed by atoms with Crippen LogP contribution in [0.3, 0.4) is 0 Å². The molecule has 0 amide bonds. The molecule has 3 rings (SSSR count). The van der Waals surface area contributed by atoms with Gasteiger partial charge in [0.1, 0.15) is 17.1 Å². The summed E-state index contributed by atoms with van der Waals surface area (Å²) < 4.78 is 6.59. The van der Waals surface area contributed by atoms with E-state index in [2.05, 4.69) is 39.8 Å². The van der Waals surface area contributed by atoms with Crippen molar-refractivity contribution in [3.63, 3.8) is 0 Å². The minimum absolute atomic E-state index is 0.204. The highest BCUT2D eigenvalue weighted by atomic mass is 16.5. The molecule has 0 aliphatic carbocycles. The summed E-state index contributed by atoms with van der Waals surface area (Å²) in [7, 11) is 0. The van der Waals surface area contributed by atoms with Gasteiger partial charge in [-0.25, -0.2) is 0 Å². The molecule has 2 aromatic rings. The Bertz CT molecular complexity index is 862. The standard InChI is InChI=1S/C23H31NO2/c1-12-10-13(2)19(14(3)11-12)22(24)23(7)9-8-18-17(6)20(25)15(4)16(5)21(18)26-23/h10-11,22,25H,8-9,24H2,1-7H3. The van der Waals surface area contributed by atoms with Gasteiger partial charge in [0.25, 0.3) is 0 Å². The Morgan fingerprint density at radius 3 is 2.15 bits per heavy atom. The molecule has 3 nitrogen and oxygen atoms in total. The van der Waals surface area contributed by atoms with Crippen LogP contribution in [-0.2, 0) is 6.42 Å². The molecule has 2 aromatic carbocycles. The Balaban J connectivity index is 2.07. The first kappa shape index (κ1) is 18.8. The molecule has 2 unspecified atom stereocenters. The molecule has 26 heavy (non-hydrogen) atoms. The number of hydrogen-bond acceptors (Lipinski definition) is 3. The Kier molecular flexibility index (Phi) is 4.56. The Morgan fingerprint density at radius 2 is 1.58 bits per heavy atom. The van der Waals surface area contributed by atoms with E-state index >= 15 is 0 Å². The maximum Gasteiger partial charge on any atom is 0.127 e. The van der Waals surface area contributed by atoms with E-state index in [1.807, 2.05) is 20.8 Å². The first-order valence-corrected chi connectivity index (χ1v) is 9.40. The third kappa shape index (κ3) is 2.79. The van der Waals surface area contributed by atoms with E-state index in [1.165, 1.54) is 22.3 Å². The highest BCUT2D eigenvalue weighted by Gasteiger charge is 2.41. The van der Waals surface area contributed by atoms with Crippen molar-refractivity contribution in [2.24, 2.45) is 5.73 Å². The third-order valence-electron chi connectivity index (χ3n) is 6.25. The van der Waals surface area contributed by atoms with Crippen molar-refractivity contribution in [2.45, 2.75) is 73.0 Å². The van der Waals surface area contributed by atoms with E-state index in [1.54, 1.807) is 0 Å². The van der Waals surface area contributed by atoms with Gasteiger partial charge >= 0.3 is 0 Å². The van der Waals surface area contributed by atoms with Gasteiger partial charge in [0, 0.05) is 5.56 Å². The van der Waals surface area contributed by atoms with E-state index in [4.69, 9.17) is 10.5 Å². The molecule has 140 valence electrons. The lowest BCUT2D eigenvalue weighted by Gasteiger charge is -2.42. The summed E-state index contributed by atoms with van der Waals surface area (Å²) in [5.41, 5.74) is 15.2. The molecule has 3 heteroatoms. The second kappa shape index (κ2) is 6.31. The van der Waals surface area contributed by atoms with Gasteiger partial charge in [0.2, 0.25) is 0 Å². The van der Waals surface area contributed by atoms with Gasteiger partial charge in [-0.2, -0.15) is 0 Å². The van der Waals surface area contributed by atoms with Gasteiger partial charge in [-0.15, -0.1) is 0 Å². The quantitative estimate of drug-likeness (QED) is 0.796. The number of fused-ring (bicyclic) bond motifs is 1. The molecule has 1 aliphatic heterocycles. The summed E-state index contributed by atoms with van der Waals surface area (Å²) in [5.74, 6) is 1.30. The van der Waals surface area contributed by atoms with Crippen LogP contribution in [0.4, 0.5) is 0 Å². The number of hydrogen-bond donors (Lipinski definition) is 2. The molecule has 3 N–H and O–H groups in total. The van der Waals surface area contributed by atoms with Crippen LogP contribution in [0.15, 0.2) is 12.1 Å². The molecule has 0 aromatic heterocycles. The fourth-order valence-electron chi connectivity index (χ4n) is 4.47. The van der Waals surface area contributed by atoms with Crippen molar-refractivity contribution >= 4 is 0 Å². The van der Waals surface area contributed by atoms with Crippen molar-refractivity contribution in [2.75, 3.05) is 0 Å². The Hall–Kier alpha value is -2.00. The summed E-state index contributed by atoms with van der Waals surface area (Å²) in [6.45, 7) is 14.4.